The molecule has 3 aliphatic carbocycles. The number of anilines is 1. The van der Waals surface area contributed by atoms with Gasteiger partial charge in [-0.15, -0.1) is 0 Å². The quantitative estimate of drug-likeness (QED) is 0.620. The molecule has 1 aliphatic heterocycles. The average molecular weight is 476 g/mol. The van der Waals surface area contributed by atoms with E-state index in [4.69, 9.17) is 16.3 Å². The predicted octanol–water partition coefficient (Wildman–Crippen LogP) is 4.19. The SMILES string of the molecule is Cc1cc(OCC(=O)CC23CC(NC(=O)c4cc(N5CC(F)(F)C5)ccn4)(C2)C3)ccc1Cl. The zero-order valence-electron chi connectivity index (χ0n) is 18.2. The van der Waals surface area contributed by atoms with E-state index in [9.17, 15) is 18.4 Å². The number of carbonyl (C=O) groups excluding carboxylic acids is 2. The number of amides is 1. The topological polar surface area (TPSA) is 71.5 Å². The third kappa shape index (κ3) is 4.28. The van der Waals surface area contributed by atoms with Gasteiger partial charge >= 0.3 is 0 Å². The third-order valence-electron chi connectivity index (χ3n) is 6.81. The molecule has 174 valence electrons. The molecule has 1 aromatic carbocycles. The summed E-state index contributed by atoms with van der Waals surface area (Å²) in [6.07, 6.45) is 4.12. The highest BCUT2D eigenvalue weighted by molar-refractivity contribution is 6.31. The molecule has 6 rings (SSSR count). The minimum Gasteiger partial charge on any atom is -0.486 e. The van der Waals surface area contributed by atoms with Gasteiger partial charge < -0.3 is 15.0 Å². The van der Waals surface area contributed by atoms with E-state index in [1.54, 1.807) is 30.3 Å². The van der Waals surface area contributed by atoms with Gasteiger partial charge in [0.2, 0.25) is 0 Å². The zero-order valence-corrected chi connectivity index (χ0v) is 18.9. The Balaban J connectivity index is 1.09. The van der Waals surface area contributed by atoms with Crippen LogP contribution >= 0.6 is 11.6 Å². The summed E-state index contributed by atoms with van der Waals surface area (Å²) in [5.41, 5.74) is 1.30. The molecule has 33 heavy (non-hydrogen) atoms. The van der Waals surface area contributed by atoms with Crippen LogP contribution in [0.1, 0.15) is 41.7 Å². The van der Waals surface area contributed by atoms with Crippen molar-refractivity contribution in [2.24, 2.45) is 5.41 Å². The summed E-state index contributed by atoms with van der Waals surface area (Å²) in [4.78, 5) is 30.7. The fourth-order valence-corrected chi connectivity index (χ4v) is 5.52. The molecule has 2 aromatic rings. The molecule has 0 spiro atoms. The summed E-state index contributed by atoms with van der Waals surface area (Å²) < 4.78 is 31.9. The number of nitrogens with zero attached hydrogens (tertiary/aromatic N) is 2. The molecule has 3 saturated carbocycles. The summed E-state index contributed by atoms with van der Waals surface area (Å²) in [5, 5.41) is 3.69. The highest BCUT2D eigenvalue weighted by atomic mass is 35.5. The first-order valence-corrected chi connectivity index (χ1v) is 11.3. The van der Waals surface area contributed by atoms with Crippen molar-refractivity contribution in [3.05, 3.63) is 52.8 Å². The molecule has 4 aliphatic rings. The molecular weight excluding hydrogens is 452 g/mol. The van der Waals surface area contributed by atoms with E-state index < -0.39 is 5.92 Å². The van der Waals surface area contributed by atoms with Crippen molar-refractivity contribution in [1.29, 1.82) is 0 Å². The Morgan fingerprint density at radius 1 is 1.18 bits per heavy atom. The molecule has 2 bridgehead atoms. The molecule has 9 heteroatoms. The molecule has 0 unspecified atom stereocenters. The maximum atomic E-state index is 13.1. The van der Waals surface area contributed by atoms with Gasteiger partial charge in [0, 0.05) is 28.9 Å². The number of hydrogen-bond acceptors (Lipinski definition) is 5. The van der Waals surface area contributed by atoms with Crippen LogP contribution in [0.5, 0.6) is 5.75 Å². The van der Waals surface area contributed by atoms with E-state index >= 15 is 0 Å². The van der Waals surface area contributed by atoms with E-state index in [2.05, 4.69) is 10.3 Å². The molecule has 1 saturated heterocycles. The summed E-state index contributed by atoms with van der Waals surface area (Å²) in [6, 6.07) is 8.46. The van der Waals surface area contributed by atoms with Crippen molar-refractivity contribution in [2.45, 2.75) is 44.1 Å². The monoisotopic (exact) mass is 475 g/mol. The number of hydrogen-bond donors (Lipinski definition) is 1. The van der Waals surface area contributed by atoms with Crippen molar-refractivity contribution in [3.8, 4) is 5.75 Å². The number of alkyl halides is 2. The maximum Gasteiger partial charge on any atom is 0.282 e. The minimum atomic E-state index is -2.68. The molecule has 1 amide bonds. The maximum absolute atomic E-state index is 13.1. The lowest BCUT2D eigenvalue weighted by atomic mass is 9.38. The van der Waals surface area contributed by atoms with Crippen molar-refractivity contribution in [2.75, 3.05) is 24.6 Å². The lowest BCUT2D eigenvalue weighted by Gasteiger charge is -2.70. The van der Waals surface area contributed by atoms with E-state index in [1.807, 2.05) is 6.92 Å². The number of ether oxygens (including phenoxy) is 1. The number of nitrogens with one attached hydrogen (secondary N) is 1. The van der Waals surface area contributed by atoms with E-state index in [0.717, 1.165) is 24.8 Å². The van der Waals surface area contributed by atoms with Crippen LogP contribution in [0.25, 0.3) is 0 Å². The van der Waals surface area contributed by atoms with E-state index in [-0.39, 0.29) is 48.0 Å². The van der Waals surface area contributed by atoms with Gasteiger partial charge in [-0.3, -0.25) is 14.6 Å². The van der Waals surface area contributed by atoms with E-state index in [0.29, 0.717) is 22.9 Å². The van der Waals surface area contributed by atoms with Gasteiger partial charge in [0.25, 0.3) is 11.8 Å². The van der Waals surface area contributed by atoms with Crippen LogP contribution in [-0.2, 0) is 4.79 Å². The first kappa shape index (κ1) is 22.1. The molecule has 0 atom stereocenters. The molecule has 1 aromatic heterocycles. The van der Waals surface area contributed by atoms with Crippen molar-refractivity contribution >= 4 is 29.0 Å². The summed E-state index contributed by atoms with van der Waals surface area (Å²) in [5.74, 6) is -2.35. The van der Waals surface area contributed by atoms with Gasteiger partial charge in [0.05, 0.1) is 13.1 Å². The van der Waals surface area contributed by atoms with Gasteiger partial charge in [-0.25, -0.2) is 8.78 Å². The summed E-state index contributed by atoms with van der Waals surface area (Å²) in [6.45, 7) is 1.19. The number of benzene rings is 1. The second-order valence-corrected chi connectivity index (χ2v) is 10.2. The van der Waals surface area contributed by atoms with Crippen molar-refractivity contribution in [1.82, 2.24) is 10.3 Å². The molecule has 6 nitrogen and oxygen atoms in total. The number of aryl methyl sites for hydroxylation is 1. The lowest BCUT2D eigenvalue weighted by Crippen LogP contribution is -2.75. The van der Waals surface area contributed by atoms with Crippen LogP contribution in [0.4, 0.5) is 14.5 Å². The molecular formula is C24H24ClF2N3O3. The average Bonchev–Trinajstić information content (AvgIpc) is 2.70. The summed E-state index contributed by atoms with van der Waals surface area (Å²) >= 11 is 6.01. The number of carbonyl (C=O) groups is 2. The fraction of sp³-hybridized carbons (Fsp3) is 0.458. The van der Waals surface area contributed by atoms with Crippen molar-refractivity contribution in [3.63, 3.8) is 0 Å². The van der Waals surface area contributed by atoms with Crippen LogP contribution in [0, 0.1) is 12.3 Å². The first-order valence-electron chi connectivity index (χ1n) is 10.9. The van der Waals surface area contributed by atoms with Crippen LogP contribution in [0.3, 0.4) is 0 Å². The van der Waals surface area contributed by atoms with Gasteiger partial charge in [-0.1, -0.05) is 11.6 Å². The Kier molecular flexibility index (Phi) is 5.12. The second kappa shape index (κ2) is 7.65. The number of halogens is 3. The summed E-state index contributed by atoms with van der Waals surface area (Å²) in [7, 11) is 0. The van der Waals surface area contributed by atoms with Gasteiger partial charge in [-0.2, -0.15) is 0 Å². The molecule has 1 N–H and O–H groups in total. The predicted molar refractivity (Wildman–Crippen MR) is 119 cm³/mol. The molecule has 4 fully saturated rings. The number of rotatable bonds is 8. The highest BCUT2D eigenvalue weighted by Gasteiger charge is 2.68. The van der Waals surface area contributed by atoms with Gasteiger partial charge in [0.1, 0.15) is 18.1 Å². The third-order valence-corrected chi connectivity index (χ3v) is 7.23. The lowest BCUT2D eigenvalue weighted by molar-refractivity contribution is -0.162. The van der Waals surface area contributed by atoms with Gasteiger partial charge in [0.15, 0.2) is 5.78 Å². The second-order valence-electron chi connectivity index (χ2n) is 9.79. The Hall–Kier alpha value is -2.74. The fourth-order valence-electron chi connectivity index (χ4n) is 5.40. The molecule has 0 radical (unpaired) electrons. The number of pyridine rings is 1. The Bertz CT molecular complexity index is 1110. The van der Waals surface area contributed by atoms with Crippen LogP contribution in [-0.4, -0.2) is 47.8 Å². The smallest absolute Gasteiger partial charge is 0.282 e. The van der Waals surface area contributed by atoms with E-state index in [1.165, 1.54) is 11.1 Å². The number of aromatic nitrogens is 1. The highest BCUT2D eigenvalue weighted by Crippen LogP contribution is 2.69. The molecule has 2 heterocycles. The number of ketones is 1. The Morgan fingerprint density at radius 2 is 1.91 bits per heavy atom. The minimum absolute atomic E-state index is 0.00837. The van der Waals surface area contributed by atoms with Crippen molar-refractivity contribution < 1.29 is 23.1 Å². The zero-order chi connectivity index (χ0) is 23.4. The van der Waals surface area contributed by atoms with Crippen LogP contribution < -0.4 is 15.0 Å². The van der Waals surface area contributed by atoms with Crippen LogP contribution in [0.2, 0.25) is 5.02 Å². The standard InChI is InChI=1S/C24H24ClF2N3O3/c1-15-6-18(2-3-19(15)25)33-9-17(31)8-22-10-23(11-22,12-22)29-21(32)20-7-16(4-5-28-20)30-13-24(26,27)14-30/h2-7H,8-14H2,1H3,(H,29,32). The first-order chi connectivity index (χ1) is 15.6. The normalized spacial score (nSPS) is 26.5. The Morgan fingerprint density at radius 3 is 2.58 bits per heavy atom. The number of Topliss-reactive ketones (excluding diaryl/α,β-unsaturated/α-hetero) is 1. The van der Waals surface area contributed by atoms with Gasteiger partial charge in [-0.05, 0) is 67.5 Å². The van der Waals surface area contributed by atoms with Crippen LogP contribution in [0.15, 0.2) is 36.5 Å². The Labute approximate surface area is 195 Å². The largest absolute Gasteiger partial charge is 0.486 e.